The first-order chi connectivity index (χ1) is 17.3. The van der Waals surface area contributed by atoms with Gasteiger partial charge in [-0.05, 0) is 44.9 Å². The summed E-state index contributed by atoms with van der Waals surface area (Å²) in [6, 6.07) is 0. The molecular formula is C26H46NO8P. The van der Waals surface area contributed by atoms with Crippen LogP contribution in [0.3, 0.4) is 0 Å². The summed E-state index contributed by atoms with van der Waals surface area (Å²) in [6.07, 6.45) is 20.4. The fourth-order valence-electron chi connectivity index (χ4n) is 2.84. The molecule has 0 fully saturated rings. The topological polar surface area (TPSA) is 131 Å². The number of phosphoric ester groups is 1. The minimum absolute atomic E-state index is 0.0709. The first-order valence-electron chi connectivity index (χ1n) is 13.0. The molecule has 0 aliphatic rings. The Morgan fingerprint density at radius 1 is 0.889 bits per heavy atom. The Morgan fingerprint density at radius 3 is 2.28 bits per heavy atom. The maximum Gasteiger partial charge on any atom is 0.472 e. The number of hydrogen-bond acceptors (Lipinski definition) is 7. The number of esters is 1. The molecule has 208 valence electrons. The summed E-state index contributed by atoms with van der Waals surface area (Å²) in [4.78, 5) is 32.8. The molecule has 2 atom stereocenters. The van der Waals surface area contributed by atoms with E-state index >= 15 is 0 Å². The Morgan fingerprint density at radius 2 is 1.58 bits per heavy atom. The van der Waals surface area contributed by atoms with Gasteiger partial charge in [0.25, 0.3) is 0 Å². The van der Waals surface area contributed by atoms with Crippen LogP contribution in [0.25, 0.3) is 0 Å². The highest BCUT2D eigenvalue weighted by Crippen LogP contribution is 2.42. The van der Waals surface area contributed by atoms with Crippen molar-refractivity contribution in [1.82, 2.24) is 5.32 Å². The van der Waals surface area contributed by atoms with Crippen molar-refractivity contribution in [2.24, 2.45) is 0 Å². The molecule has 0 saturated heterocycles. The van der Waals surface area contributed by atoms with E-state index in [4.69, 9.17) is 13.8 Å². The number of nitrogens with one attached hydrogen (secondary N) is 1. The van der Waals surface area contributed by atoms with Crippen molar-refractivity contribution in [3.63, 3.8) is 0 Å². The number of carbonyl (C=O) groups is 2. The summed E-state index contributed by atoms with van der Waals surface area (Å²) in [7, 11) is -4.38. The number of unbranched alkanes of at least 4 members (excludes halogenated alkanes) is 4. The van der Waals surface area contributed by atoms with E-state index in [1.807, 2.05) is 6.92 Å². The van der Waals surface area contributed by atoms with Gasteiger partial charge in [0.1, 0.15) is 12.7 Å². The average Bonchev–Trinajstić information content (AvgIpc) is 2.85. The van der Waals surface area contributed by atoms with Crippen molar-refractivity contribution in [2.45, 2.75) is 90.6 Å². The lowest BCUT2D eigenvalue weighted by Gasteiger charge is -2.15. The Hall–Kier alpha value is -1.77. The second-order valence-corrected chi connectivity index (χ2v) is 9.73. The van der Waals surface area contributed by atoms with Crippen LogP contribution >= 0.6 is 7.82 Å². The standard InChI is InChI=1S/C26H46NO8P/c1-3-5-7-8-9-10-11-12-13-14-15-16-17-19-26(30)33-22-24(28)23-35-36(31,32)34-21-20-27-25(29)18-6-4-2/h5,7,9-10,12-13,24,28H,3-4,6,8,11,14-23H2,1-2H3,(H,27,29)(H,31,32)/b7-5-,10-9-,13-12-. The van der Waals surface area contributed by atoms with Gasteiger partial charge in [-0.1, -0.05) is 63.1 Å². The van der Waals surface area contributed by atoms with Gasteiger partial charge < -0.3 is 20.1 Å². The van der Waals surface area contributed by atoms with Crippen LogP contribution in [0.5, 0.6) is 0 Å². The number of amides is 1. The lowest BCUT2D eigenvalue weighted by Crippen LogP contribution is -2.27. The maximum atomic E-state index is 11.8. The predicted octanol–water partition coefficient (Wildman–Crippen LogP) is 5.14. The molecular weight excluding hydrogens is 485 g/mol. The summed E-state index contributed by atoms with van der Waals surface area (Å²) in [5.41, 5.74) is 0. The quantitative estimate of drug-likeness (QED) is 0.0715. The van der Waals surface area contributed by atoms with Gasteiger partial charge in [-0.3, -0.25) is 18.6 Å². The summed E-state index contributed by atoms with van der Waals surface area (Å²) in [6.45, 7) is 3.09. The fraction of sp³-hybridized carbons (Fsp3) is 0.692. The van der Waals surface area contributed by atoms with Crippen molar-refractivity contribution in [2.75, 3.05) is 26.4 Å². The first-order valence-corrected chi connectivity index (χ1v) is 14.5. The average molecular weight is 532 g/mol. The third-order valence-electron chi connectivity index (χ3n) is 4.83. The van der Waals surface area contributed by atoms with Crippen molar-refractivity contribution in [3.8, 4) is 0 Å². The van der Waals surface area contributed by atoms with Gasteiger partial charge >= 0.3 is 13.8 Å². The number of hydrogen-bond donors (Lipinski definition) is 3. The van der Waals surface area contributed by atoms with Crippen LogP contribution in [0, 0.1) is 0 Å². The molecule has 0 saturated carbocycles. The van der Waals surface area contributed by atoms with E-state index in [0.717, 1.165) is 51.4 Å². The van der Waals surface area contributed by atoms with E-state index in [1.165, 1.54) is 0 Å². The van der Waals surface area contributed by atoms with Crippen LogP contribution in [-0.2, 0) is 27.9 Å². The van der Waals surface area contributed by atoms with E-state index in [2.05, 4.69) is 48.7 Å². The van der Waals surface area contributed by atoms with Gasteiger partial charge in [0, 0.05) is 19.4 Å². The smallest absolute Gasteiger partial charge is 0.463 e. The van der Waals surface area contributed by atoms with Gasteiger partial charge in [-0.15, -0.1) is 0 Å². The number of allylic oxidation sites excluding steroid dienone is 6. The highest BCUT2D eigenvalue weighted by molar-refractivity contribution is 7.47. The summed E-state index contributed by atoms with van der Waals surface area (Å²) >= 11 is 0. The zero-order valence-corrected chi connectivity index (χ0v) is 22.8. The van der Waals surface area contributed by atoms with Crippen LogP contribution < -0.4 is 5.32 Å². The number of phosphoric acid groups is 1. The van der Waals surface area contributed by atoms with Crippen molar-refractivity contribution in [1.29, 1.82) is 0 Å². The highest BCUT2D eigenvalue weighted by Gasteiger charge is 2.23. The number of aliphatic hydroxyl groups excluding tert-OH is 1. The molecule has 10 heteroatoms. The SMILES string of the molecule is CC/C=C\C/C=C\C/C=C\CCCCCC(=O)OCC(O)COP(=O)(O)OCCNC(=O)CCCC. The number of carbonyl (C=O) groups excluding carboxylic acids is 2. The van der Waals surface area contributed by atoms with E-state index in [9.17, 15) is 24.2 Å². The molecule has 0 aromatic rings. The van der Waals surface area contributed by atoms with Gasteiger partial charge in [0.2, 0.25) is 5.91 Å². The van der Waals surface area contributed by atoms with E-state index in [1.54, 1.807) is 0 Å². The molecule has 36 heavy (non-hydrogen) atoms. The van der Waals surface area contributed by atoms with Crippen molar-refractivity contribution in [3.05, 3.63) is 36.5 Å². The molecule has 0 aliphatic carbocycles. The van der Waals surface area contributed by atoms with Crippen LogP contribution in [0.1, 0.15) is 84.5 Å². The molecule has 1 amide bonds. The molecule has 0 rings (SSSR count). The predicted molar refractivity (Wildman–Crippen MR) is 141 cm³/mol. The lowest BCUT2D eigenvalue weighted by atomic mass is 10.1. The fourth-order valence-corrected chi connectivity index (χ4v) is 3.60. The minimum Gasteiger partial charge on any atom is -0.463 e. The number of ether oxygens (including phenoxy) is 1. The number of rotatable bonds is 23. The summed E-state index contributed by atoms with van der Waals surface area (Å²) < 4.78 is 26.2. The van der Waals surface area contributed by atoms with Gasteiger partial charge in [-0.25, -0.2) is 4.57 Å². The molecule has 0 heterocycles. The van der Waals surface area contributed by atoms with Crippen LogP contribution in [0.15, 0.2) is 36.5 Å². The highest BCUT2D eigenvalue weighted by atomic mass is 31.2. The Kier molecular flexibility index (Phi) is 22.5. The molecule has 0 aromatic heterocycles. The third kappa shape index (κ3) is 23.9. The van der Waals surface area contributed by atoms with Gasteiger partial charge in [-0.2, -0.15) is 0 Å². The van der Waals surface area contributed by atoms with E-state index in [-0.39, 0.29) is 32.1 Å². The largest absolute Gasteiger partial charge is 0.472 e. The van der Waals surface area contributed by atoms with Crippen LogP contribution in [0.4, 0.5) is 0 Å². The van der Waals surface area contributed by atoms with Crippen molar-refractivity contribution >= 4 is 19.7 Å². The lowest BCUT2D eigenvalue weighted by molar-refractivity contribution is -0.147. The first kappa shape index (κ1) is 34.2. The molecule has 0 aliphatic heterocycles. The second kappa shape index (κ2) is 23.6. The summed E-state index contributed by atoms with van der Waals surface area (Å²) in [5.74, 6) is -0.591. The molecule has 0 spiro atoms. The normalized spacial score (nSPS) is 14.4. The third-order valence-corrected chi connectivity index (χ3v) is 5.82. The zero-order chi connectivity index (χ0) is 26.9. The molecule has 0 bridgehead atoms. The van der Waals surface area contributed by atoms with Crippen LogP contribution in [-0.4, -0.2) is 54.3 Å². The van der Waals surface area contributed by atoms with E-state index < -0.39 is 26.5 Å². The molecule has 9 nitrogen and oxygen atoms in total. The van der Waals surface area contributed by atoms with Crippen LogP contribution in [0.2, 0.25) is 0 Å². The molecule has 0 aromatic carbocycles. The zero-order valence-electron chi connectivity index (χ0n) is 21.9. The second-order valence-electron chi connectivity index (χ2n) is 8.28. The Balaban J connectivity index is 3.74. The van der Waals surface area contributed by atoms with E-state index in [0.29, 0.717) is 12.8 Å². The van der Waals surface area contributed by atoms with Gasteiger partial charge in [0.15, 0.2) is 0 Å². The summed E-state index contributed by atoms with van der Waals surface area (Å²) in [5, 5.41) is 12.4. The maximum absolute atomic E-state index is 11.8. The van der Waals surface area contributed by atoms with Gasteiger partial charge in [0.05, 0.1) is 13.2 Å². The Labute approximate surface area is 216 Å². The Bertz CT molecular complexity index is 708. The molecule has 3 N–H and O–H groups in total. The van der Waals surface area contributed by atoms with Crippen molar-refractivity contribution < 1.29 is 37.9 Å². The monoisotopic (exact) mass is 531 g/mol. The number of aliphatic hydroxyl groups is 1. The minimum atomic E-state index is -4.38. The molecule has 0 radical (unpaired) electrons. The molecule has 2 unspecified atom stereocenters.